The molecule has 156 valence electrons. The van der Waals surface area contributed by atoms with Gasteiger partial charge in [0, 0.05) is 17.5 Å². The average Bonchev–Trinajstić information content (AvgIpc) is 2.85. The summed E-state index contributed by atoms with van der Waals surface area (Å²) in [6.07, 6.45) is -0.801. The first-order chi connectivity index (χ1) is 13.5. The molecule has 29 heavy (non-hydrogen) atoms. The quantitative estimate of drug-likeness (QED) is 0.574. The van der Waals surface area contributed by atoms with Gasteiger partial charge in [-0.15, -0.1) is 0 Å². The molecule has 2 atom stereocenters. The lowest BCUT2D eigenvalue weighted by molar-refractivity contribution is -0.157. The van der Waals surface area contributed by atoms with Crippen molar-refractivity contribution in [2.75, 3.05) is 13.2 Å². The molecule has 0 bridgehead atoms. The topological polar surface area (TPSA) is 114 Å². The highest BCUT2D eigenvalue weighted by atomic mass is 16.5. The van der Waals surface area contributed by atoms with E-state index in [0.29, 0.717) is 11.3 Å². The minimum absolute atomic E-state index is 0.254. The van der Waals surface area contributed by atoms with Gasteiger partial charge in [-0.1, -0.05) is 18.2 Å². The Hall–Kier alpha value is -3.10. The van der Waals surface area contributed by atoms with E-state index in [9.17, 15) is 19.2 Å². The van der Waals surface area contributed by atoms with Crippen molar-refractivity contribution >= 4 is 23.8 Å². The highest BCUT2D eigenvalue weighted by Crippen LogP contribution is 2.40. The number of hydrogen-bond acceptors (Lipinski definition) is 6. The van der Waals surface area contributed by atoms with Gasteiger partial charge in [0.15, 0.2) is 11.6 Å². The second-order valence-corrected chi connectivity index (χ2v) is 8.19. The Morgan fingerprint density at radius 3 is 2.69 bits per heavy atom. The van der Waals surface area contributed by atoms with Crippen LogP contribution in [0, 0.1) is 0 Å². The van der Waals surface area contributed by atoms with Crippen LogP contribution in [0.4, 0.5) is 4.79 Å². The monoisotopic (exact) mass is 403 g/mol. The molecule has 4 amide bonds. The lowest BCUT2D eigenvalue weighted by Gasteiger charge is -2.33. The molecule has 1 spiro atoms. The minimum atomic E-state index is -1.26. The number of imide groups is 1. The van der Waals surface area contributed by atoms with E-state index in [2.05, 4.69) is 10.6 Å². The van der Waals surface area contributed by atoms with E-state index < -0.39 is 47.5 Å². The predicted octanol–water partition coefficient (Wildman–Crippen LogP) is 1.06. The van der Waals surface area contributed by atoms with Crippen LogP contribution in [-0.2, 0) is 24.7 Å². The molecule has 0 aromatic heterocycles. The number of ether oxygens (including phenoxy) is 2. The number of hydrogen-bond donors (Lipinski definition) is 2. The van der Waals surface area contributed by atoms with E-state index in [4.69, 9.17) is 9.47 Å². The van der Waals surface area contributed by atoms with Gasteiger partial charge in [0.1, 0.15) is 12.3 Å². The molecule has 1 fully saturated rings. The number of esters is 1. The molecular weight excluding hydrogens is 378 g/mol. The molecule has 9 nitrogen and oxygen atoms in total. The molecule has 2 aliphatic heterocycles. The van der Waals surface area contributed by atoms with Crippen LogP contribution < -0.4 is 15.4 Å². The van der Waals surface area contributed by atoms with Crippen LogP contribution >= 0.6 is 0 Å². The lowest BCUT2D eigenvalue weighted by atomic mass is 9.84. The van der Waals surface area contributed by atoms with E-state index in [-0.39, 0.29) is 13.0 Å². The fourth-order valence-electron chi connectivity index (χ4n) is 3.40. The number of rotatable bonds is 4. The van der Waals surface area contributed by atoms with Crippen LogP contribution in [-0.4, -0.2) is 53.5 Å². The third-order valence-corrected chi connectivity index (χ3v) is 4.72. The van der Waals surface area contributed by atoms with Gasteiger partial charge in [-0.3, -0.25) is 19.3 Å². The number of carbonyl (C=O) groups excluding carboxylic acids is 4. The summed E-state index contributed by atoms with van der Waals surface area (Å²) in [5.41, 5.74) is -1.19. The van der Waals surface area contributed by atoms with Gasteiger partial charge < -0.3 is 20.1 Å². The number of benzene rings is 1. The standard InChI is InChI=1S/C20H25N3O6/c1-12(16(25)21-19(2,3)4)29-15(24)11-23-17(26)20(22-18(23)27)9-10-28-14-8-6-5-7-13(14)20/h5-8,12H,9-11H2,1-4H3,(H,21,25)(H,22,27)/t12-,20-/m1/s1. The minimum Gasteiger partial charge on any atom is -0.493 e. The molecule has 2 N–H and O–H groups in total. The Morgan fingerprint density at radius 1 is 1.31 bits per heavy atom. The Morgan fingerprint density at radius 2 is 2.00 bits per heavy atom. The molecule has 2 aliphatic rings. The molecule has 0 saturated carbocycles. The third-order valence-electron chi connectivity index (χ3n) is 4.72. The first kappa shape index (κ1) is 20.6. The van der Waals surface area contributed by atoms with Gasteiger partial charge in [-0.2, -0.15) is 0 Å². The molecule has 1 saturated heterocycles. The Bertz CT molecular complexity index is 862. The Labute approximate surface area is 168 Å². The highest BCUT2D eigenvalue weighted by Gasteiger charge is 2.55. The van der Waals surface area contributed by atoms with E-state index in [1.165, 1.54) is 6.92 Å². The van der Waals surface area contributed by atoms with E-state index in [0.717, 1.165) is 4.90 Å². The van der Waals surface area contributed by atoms with Crippen LogP contribution in [0.5, 0.6) is 5.75 Å². The largest absolute Gasteiger partial charge is 0.493 e. The molecule has 0 unspecified atom stereocenters. The molecule has 1 aromatic rings. The van der Waals surface area contributed by atoms with E-state index in [1.54, 1.807) is 45.0 Å². The molecule has 9 heteroatoms. The summed E-state index contributed by atoms with van der Waals surface area (Å²) in [5.74, 6) is -1.33. The number of amides is 4. The Balaban J connectivity index is 1.70. The van der Waals surface area contributed by atoms with Crippen LogP contribution in [0.2, 0.25) is 0 Å². The normalized spacial score (nSPS) is 21.9. The van der Waals surface area contributed by atoms with Gasteiger partial charge in [0.05, 0.1) is 6.61 Å². The van der Waals surface area contributed by atoms with Crippen molar-refractivity contribution in [2.45, 2.75) is 51.3 Å². The van der Waals surface area contributed by atoms with Crippen molar-refractivity contribution in [3.8, 4) is 5.75 Å². The highest BCUT2D eigenvalue weighted by molar-refractivity contribution is 6.09. The zero-order valence-electron chi connectivity index (χ0n) is 16.9. The first-order valence-electron chi connectivity index (χ1n) is 9.41. The van der Waals surface area contributed by atoms with Gasteiger partial charge in [-0.25, -0.2) is 4.79 Å². The van der Waals surface area contributed by atoms with E-state index >= 15 is 0 Å². The molecule has 3 rings (SSSR count). The summed E-state index contributed by atoms with van der Waals surface area (Å²) in [6, 6.07) is 6.28. The fourth-order valence-corrected chi connectivity index (χ4v) is 3.40. The molecule has 2 heterocycles. The number of urea groups is 1. The smallest absolute Gasteiger partial charge is 0.327 e. The summed E-state index contributed by atoms with van der Waals surface area (Å²) < 4.78 is 10.7. The number of para-hydroxylation sites is 1. The number of carbonyl (C=O) groups is 4. The van der Waals surface area contributed by atoms with Crippen LogP contribution in [0.3, 0.4) is 0 Å². The maximum atomic E-state index is 13.1. The average molecular weight is 403 g/mol. The van der Waals surface area contributed by atoms with Crippen molar-refractivity contribution in [3.05, 3.63) is 29.8 Å². The Kier molecular flexibility index (Phi) is 5.25. The summed E-state index contributed by atoms with van der Waals surface area (Å²) >= 11 is 0. The van der Waals surface area contributed by atoms with Crippen LogP contribution in [0.25, 0.3) is 0 Å². The second-order valence-electron chi connectivity index (χ2n) is 8.19. The summed E-state index contributed by atoms with van der Waals surface area (Å²) in [7, 11) is 0. The van der Waals surface area contributed by atoms with Gasteiger partial charge >= 0.3 is 12.0 Å². The third kappa shape index (κ3) is 4.03. The summed E-state index contributed by atoms with van der Waals surface area (Å²) in [5, 5.41) is 5.41. The zero-order chi connectivity index (χ0) is 21.4. The molecular formula is C20H25N3O6. The van der Waals surface area contributed by atoms with Crippen molar-refractivity contribution in [2.24, 2.45) is 0 Å². The number of nitrogens with one attached hydrogen (secondary N) is 2. The summed E-state index contributed by atoms with van der Waals surface area (Å²) in [6.45, 7) is 6.52. The molecule has 1 aromatic carbocycles. The van der Waals surface area contributed by atoms with Gasteiger partial charge in [-0.05, 0) is 33.8 Å². The van der Waals surface area contributed by atoms with Crippen molar-refractivity contribution in [3.63, 3.8) is 0 Å². The summed E-state index contributed by atoms with van der Waals surface area (Å²) in [4.78, 5) is 50.8. The number of nitrogens with zero attached hydrogens (tertiary/aromatic N) is 1. The first-order valence-corrected chi connectivity index (χ1v) is 9.41. The van der Waals surface area contributed by atoms with Crippen molar-refractivity contribution < 1.29 is 28.7 Å². The van der Waals surface area contributed by atoms with E-state index in [1.807, 2.05) is 0 Å². The molecule has 0 radical (unpaired) electrons. The van der Waals surface area contributed by atoms with Crippen LogP contribution in [0.15, 0.2) is 24.3 Å². The molecule has 0 aliphatic carbocycles. The maximum absolute atomic E-state index is 13.1. The SMILES string of the molecule is C[C@@H](OC(=O)CN1C(=O)N[C@@]2(CCOc3ccccc32)C1=O)C(=O)NC(C)(C)C. The number of fused-ring (bicyclic) bond motifs is 2. The van der Waals surface area contributed by atoms with Gasteiger partial charge in [0.25, 0.3) is 11.8 Å². The second kappa shape index (κ2) is 7.38. The van der Waals surface area contributed by atoms with Gasteiger partial charge in [0.2, 0.25) is 0 Å². The van der Waals surface area contributed by atoms with Crippen molar-refractivity contribution in [1.82, 2.24) is 15.5 Å². The fraction of sp³-hybridized carbons (Fsp3) is 0.500. The maximum Gasteiger partial charge on any atom is 0.327 e. The zero-order valence-corrected chi connectivity index (χ0v) is 16.9. The van der Waals surface area contributed by atoms with Crippen LogP contribution in [0.1, 0.15) is 39.7 Å². The van der Waals surface area contributed by atoms with Crippen molar-refractivity contribution in [1.29, 1.82) is 0 Å². The lowest BCUT2D eigenvalue weighted by Crippen LogP contribution is -2.48. The predicted molar refractivity (Wildman–Crippen MR) is 102 cm³/mol.